The molecule has 30 heavy (non-hydrogen) atoms. The van der Waals surface area contributed by atoms with Crippen molar-refractivity contribution < 1.29 is 9.26 Å². The number of ether oxygens (including phenoxy) is 1. The summed E-state index contributed by atoms with van der Waals surface area (Å²) in [5.74, 6) is 2.10. The van der Waals surface area contributed by atoms with Crippen molar-refractivity contribution in [1.82, 2.24) is 25.1 Å². The fraction of sp³-hybridized carbons (Fsp3) is 0.190. The van der Waals surface area contributed by atoms with Gasteiger partial charge in [0.2, 0.25) is 11.7 Å². The van der Waals surface area contributed by atoms with E-state index < -0.39 is 0 Å². The number of hydrogen-bond donors (Lipinski definition) is 1. The first-order valence-electron chi connectivity index (χ1n) is 9.31. The van der Waals surface area contributed by atoms with Gasteiger partial charge in [0.15, 0.2) is 5.16 Å². The molecule has 0 amide bonds. The van der Waals surface area contributed by atoms with Crippen LogP contribution in [-0.2, 0) is 5.75 Å². The third kappa shape index (κ3) is 4.93. The molecule has 152 valence electrons. The van der Waals surface area contributed by atoms with Crippen LogP contribution in [-0.4, -0.2) is 31.2 Å². The number of pyridine rings is 1. The van der Waals surface area contributed by atoms with E-state index in [1.54, 1.807) is 24.5 Å². The van der Waals surface area contributed by atoms with Gasteiger partial charge in [-0.15, -0.1) is 0 Å². The maximum atomic E-state index is 12.0. The molecule has 1 aromatic carbocycles. The lowest BCUT2D eigenvalue weighted by Crippen LogP contribution is -2.08. The van der Waals surface area contributed by atoms with E-state index in [0.717, 1.165) is 16.9 Å². The Labute approximate surface area is 176 Å². The molecule has 0 unspecified atom stereocenters. The third-order valence-corrected chi connectivity index (χ3v) is 4.84. The third-order valence-electron chi connectivity index (χ3n) is 3.98. The fourth-order valence-corrected chi connectivity index (χ4v) is 3.40. The molecule has 0 radical (unpaired) electrons. The highest BCUT2D eigenvalue weighted by Gasteiger charge is 2.11. The van der Waals surface area contributed by atoms with Crippen LogP contribution in [0.15, 0.2) is 69.3 Å². The summed E-state index contributed by atoms with van der Waals surface area (Å²) in [6, 6.07) is 12.6. The Morgan fingerprint density at radius 3 is 2.57 bits per heavy atom. The van der Waals surface area contributed by atoms with Crippen molar-refractivity contribution >= 4 is 11.8 Å². The zero-order valence-electron chi connectivity index (χ0n) is 16.4. The second-order valence-electron chi connectivity index (χ2n) is 6.66. The molecular weight excluding hydrogens is 402 g/mol. The minimum absolute atomic E-state index is 0.113. The number of aromatic amines is 1. The van der Waals surface area contributed by atoms with Crippen molar-refractivity contribution in [1.29, 1.82) is 0 Å². The van der Waals surface area contributed by atoms with Gasteiger partial charge >= 0.3 is 0 Å². The zero-order valence-corrected chi connectivity index (χ0v) is 17.2. The molecule has 4 rings (SSSR count). The highest BCUT2D eigenvalue weighted by atomic mass is 32.2. The molecule has 0 saturated heterocycles. The molecule has 0 atom stereocenters. The van der Waals surface area contributed by atoms with Crippen molar-refractivity contribution in [3.8, 4) is 28.4 Å². The minimum Gasteiger partial charge on any atom is -0.491 e. The molecule has 0 aliphatic rings. The maximum Gasteiger partial charge on any atom is 0.252 e. The molecule has 1 N–H and O–H groups in total. The lowest BCUT2D eigenvalue weighted by molar-refractivity contribution is 0.242. The quantitative estimate of drug-likeness (QED) is 0.353. The number of nitrogens with zero attached hydrogens (tertiary/aromatic N) is 4. The zero-order chi connectivity index (χ0) is 20.9. The Morgan fingerprint density at radius 2 is 1.83 bits per heavy atom. The van der Waals surface area contributed by atoms with Crippen molar-refractivity contribution in [2.75, 3.05) is 0 Å². The van der Waals surface area contributed by atoms with Crippen LogP contribution in [0.4, 0.5) is 0 Å². The minimum atomic E-state index is -0.228. The van der Waals surface area contributed by atoms with Gasteiger partial charge in [0, 0.05) is 29.6 Å². The Hall–Kier alpha value is -3.46. The number of benzene rings is 1. The first kappa shape index (κ1) is 19.8. The van der Waals surface area contributed by atoms with Crippen LogP contribution >= 0.6 is 11.8 Å². The van der Waals surface area contributed by atoms with E-state index in [0.29, 0.717) is 28.3 Å². The smallest absolute Gasteiger partial charge is 0.252 e. The monoisotopic (exact) mass is 421 g/mol. The van der Waals surface area contributed by atoms with E-state index in [1.807, 2.05) is 38.1 Å². The number of rotatable bonds is 7. The molecule has 0 saturated carbocycles. The van der Waals surface area contributed by atoms with Crippen LogP contribution in [0, 0.1) is 0 Å². The Morgan fingerprint density at radius 1 is 1.07 bits per heavy atom. The van der Waals surface area contributed by atoms with Gasteiger partial charge in [-0.2, -0.15) is 4.98 Å². The van der Waals surface area contributed by atoms with Crippen molar-refractivity contribution in [2.45, 2.75) is 30.9 Å². The average molecular weight is 421 g/mol. The van der Waals surface area contributed by atoms with Crippen molar-refractivity contribution in [3.05, 3.63) is 71.1 Å². The van der Waals surface area contributed by atoms with Crippen LogP contribution in [0.1, 0.15) is 19.7 Å². The van der Waals surface area contributed by atoms with Crippen molar-refractivity contribution in [2.24, 2.45) is 0 Å². The van der Waals surface area contributed by atoms with E-state index in [-0.39, 0.29) is 11.7 Å². The predicted molar refractivity (Wildman–Crippen MR) is 113 cm³/mol. The van der Waals surface area contributed by atoms with E-state index in [1.165, 1.54) is 17.8 Å². The Bertz CT molecular complexity index is 1170. The molecule has 0 fully saturated rings. The lowest BCUT2D eigenvalue weighted by atomic mass is 10.2. The molecule has 3 heterocycles. The largest absolute Gasteiger partial charge is 0.491 e. The summed E-state index contributed by atoms with van der Waals surface area (Å²) in [5, 5.41) is 4.51. The summed E-state index contributed by atoms with van der Waals surface area (Å²) in [7, 11) is 0. The van der Waals surface area contributed by atoms with Gasteiger partial charge < -0.3 is 14.2 Å². The summed E-state index contributed by atoms with van der Waals surface area (Å²) >= 11 is 1.32. The van der Waals surface area contributed by atoms with Crippen LogP contribution in [0.3, 0.4) is 0 Å². The lowest BCUT2D eigenvalue weighted by Gasteiger charge is -2.09. The standard InChI is InChI=1S/C21H19N5O3S/c1-13(2)28-16-5-3-15(4-6-16)20-25-19(29-26-20)12-30-21-23-17(11-18(27)24-21)14-7-9-22-10-8-14/h3-11,13H,12H2,1-2H3,(H,23,24,27). The Balaban J connectivity index is 1.45. The van der Waals surface area contributed by atoms with Gasteiger partial charge in [-0.05, 0) is 50.2 Å². The highest BCUT2D eigenvalue weighted by Crippen LogP contribution is 2.24. The van der Waals surface area contributed by atoms with E-state index in [9.17, 15) is 4.79 Å². The van der Waals surface area contributed by atoms with Gasteiger partial charge in [-0.25, -0.2) is 4.98 Å². The normalized spacial score (nSPS) is 11.0. The Kier molecular flexibility index (Phi) is 5.89. The molecule has 4 aromatic rings. The van der Waals surface area contributed by atoms with Gasteiger partial charge in [0.25, 0.3) is 5.56 Å². The fourth-order valence-electron chi connectivity index (χ4n) is 2.69. The van der Waals surface area contributed by atoms with Crippen LogP contribution in [0.5, 0.6) is 5.75 Å². The van der Waals surface area contributed by atoms with E-state index in [2.05, 4.69) is 25.1 Å². The number of H-pyrrole nitrogens is 1. The van der Waals surface area contributed by atoms with Crippen LogP contribution in [0.2, 0.25) is 0 Å². The summed E-state index contributed by atoms with van der Waals surface area (Å²) < 4.78 is 11.0. The van der Waals surface area contributed by atoms with Gasteiger partial charge in [-0.1, -0.05) is 16.9 Å². The van der Waals surface area contributed by atoms with Gasteiger partial charge in [0.05, 0.1) is 17.6 Å². The summed E-state index contributed by atoms with van der Waals surface area (Å²) in [6.07, 6.45) is 3.43. The molecule has 0 aliphatic heterocycles. The van der Waals surface area contributed by atoms with Gasteiger partial charge in [-0.3, -0.25) is 9.78 Å². The SMILES string of the molecule is CC(C)Oc1ccc(-c2noc(CSc3nc(-c4ccncc4)cc(=O)[nH]3)n2)cc1. The molecule has 0 aliphatic carbocycles. The second-order valence-corrected chi connectivity index (χ2v) is 7.63. The van der Waals surface area contributed by atoms with Crippen LogP contribution < -0.4 is 10.3 Å². The molecular formula is C21H19N5O3S. The number of thioether (sulfide) groups is 1. The summed E-state index contributed by atoms with van der Waals surface area (Å²) in [4.78, 5) is 27.6. The maximum absolute atomic E-state index is 12.0. The van der Waals surface area contributed by atoms with Crippen LogP contribution in [0.25, 0.3) is 22.6 Å². The molecule has 0 spiro atoms. The predicted octanol–water partition coefficient (Wildman–Crippen LogP) is 3.96. The first-order chi connectivity index (χ1) is 14.6. The van der Waals surface area contributed by atoms with Crippen molar-refractivity contribution in [3.63, 3.8) is 0 Å². The average Bonchev–Trinajstić information content (AvgIpc) is 3.22. The molecule has 0 bridgehead atoms. The summed E-state index contributed by atoms with van der Waals surface area (Å²) in [6.45, 7) is 3.96. The molecule has 8 nitrogen and oxygen atoms in total. The molecule has 9 heteroatoms. The first-order valence-corrected chi connectivity index (χ1v) is 10.3. The highest BCUT2D eigenvalue weighted by molar-refractivity contribution is 7.98. The number of hydrogen-bond acceptors (Lipinski definition) is 8. The molecule has 3 aromatic heterocycles. The summed E-state index contributed by atoms with van der Waals surface area (Å²) in [5.41, 5.74) is 2.01. The van der Waals surface area contributed by atoms with E-state index >= 15 is 0 Å². The van der Waals surface area contributed by atoms with Gasteiger partial charge in [0.1, 0.15) is 5.75 Å². The van der Waals surface area contributed by atoms with E-state index in [4.69, 9.17) is 9.26 Å². The number of nitrogens with one attached hydrogen (secondary N) is 1. The topological polar surface area (TPSA) is 107 Å². The second kappa shape index (κ2) is 8.91. The number of aromatic nitrogens is 5.